The molecule has 2 amide bonds. The summed E-state index contributed by atoms with van der Waals surface area (Å²) in [6.45, 7) is 14.3. The Labute approximate surface area is 147 Å². The quantitative estimate of drug-likeness (QED) is 0.535. The van der Waals surface area contributed by atoms with E-state index in [2.05, 4.69) is 50.5 Å². The molecule has 0 bridgehead atoms. The molecule has 0 fully saturated rings. The predicted octanol–water partition coefficient (Wildman–Crippen LogP) is 2.75. The minimum absolute atomic E-state index is 0.000532. The molecule has 5 nitrogen and oxygen atoms in total. The molecule has 0 aromatic carbocycles. The number of rotatable bonds is 10. The summed E-state index contributed by atoms with van der Waals surface area (Å²) in [5, 5.41) is 6.23. The highest BCUT2D eigenvalue weighted by molar-refractivity contribution is 5.79. The smallest absolute Gasteiger partial charge is 0.234 e. The third-order valence-corrected chi connectivity index (χ3v) is 4.41. The zero-order valence-electron chi connectivity index (χ0n) is 16.5. The Morgan fingerprint density at radius 3 is 2.12 bits per heavy atom. The van der Waals surface area contributed by atoms with E-state index in [-0.39, 0.29) is 35.4 Å². The predicted molar refractivity (Wildman–Crippen MR) is 100 cm³/mol. The number of carbonyl (C=O) groups excluding carboxylic acids is 2. The van der Waals surface area contributed by atoms with E-state index in [1.807, 2.05) is 13.8 Å². The Morgan fingerprint density at radius 1 is 1.12 bits per heavy atom. The highest BCUT2D eigenvalue weighted by Gasteiger charge is 2.28. The van der Waals surface area contributed by atoms with Crippen LogP contribution in [0.5, 0.6) is 0 Å². The summed E-state index contributed by atoms with van der Waals surface area (Å²) in [5.41, 5.74) is 5.54. The van der Waals surface area contributed by atoms with Crippen LogP contribution in [-0.4, -0.2) is 29.9 Å². The summed E-state index contributed by atoms with van der Waals surface area (Å²) < 4.78 is 0. The number of primary amides is 1. The van der Waals surface area contributed by atoms with E-state index in [4.69, 9.17) is 5.73 Å². The first-order chi connectivity index (χ1) is 10.9. The van der Waals surface area contributed by atoms with Crippen LogP contribution in [0.4, 0.5) is 0 Å². The molecule has 140 valence electrons. The van der Waals surface area contributed by atoms with Gasteiger partial charge in [0.25, 0.3) is 0 Å². The lowest BCUT2D eigenvalue weighted by molar-refractivity contribution is -0.121. The first kappa shape index (κ1) is 22.6. The van der Waals surface area contributed by atoms with Crippen LogP contribution in [0.15, 0.2) is 12.2 Å². The van der Waals surface area contributed by atoms with Crippen molar-refractivity contribution >= 4 is 11.8 Å². The van der Waals surface area contributed by atoms with Crippen molar-refractivity contribution in [1.82, 2.24) is 10.6 Å². The van der Waals surface area contributed by atoms with Crippen LogP contribution in [0.25, 0.3) is 0 Å². The Morgan fingerprint density at radius 2 is 1.71 bits per heavy atom. The van der Waals surface area contributed by atoms with Crippen LogP contribution in [0.1, 0.15) is 67.7 Å². The van der Waals surface area contributed by atoms with E-state index in [1.165, 1.54) is 0 Å². The lowest BCUT2D eigenvalue weighted by Crippen LogP contribution is -2.44. The maximum atomic E-state index is 11.4. The average Bonchev–Trinajstić information content (AvgIpc) is 2.41. The summed E-state index contributed by atoms with van der Waals surface area (Å²) in [4.78, 5) is 22.9. The van der Waals surface area contributed by atoms with Gasteiger partial charge >= 0.3 is 0 Å². The van der Waals surface area contributed by atoms with Gasteiger partial charge in [-0.1, -0.05) is 53.7 Å². The lowest BCUT2D eigenvalue weighted by Gasteiger charge is -2.34. The van der Waals surface area contributed by atoms with Crippen molar-refractivity contribution in [3.8, 4) is 0 Å². The fraction of sp³-hybridized carbons (Fsp3) is 0.789. The van der Waals surface area contributed by atoms with Crippen molar-refractivity contribution in [3.63, 3.8) is 0 Å². The Kier molecular flexibility index (Phi) is 9.90. The molecule has 0 aliphatic rings. The molecule has 0 radical (unpaired) electrons. The van der Waals surface area contributed by atoms with E-state index in [1.54, 1.807) is 6.92 Å². The highest BCUT2D eigenvalue weighted by Crippen LogP contribution is 2.29. The largest absolute Gasteiger partial charge is 0.368 e. The summed E-state index contributed by atoms with van der Waals surface area (Å²) >= 11 is 0. The van der Waals surface area contributed by atoms with Crippen molar-refractivity contribution in [1.29, 1.82) is 0 Å². The summed E-state index contributed by atoms with van der Waals surface area (Å²) in [5.74, 6) is 0.0426. The van der Waals surface area contributed by atoms with Gasteiger partial charge in [-0.15, -0.1) is 0 Å². The molecule has 3 unspecified atom stereocenters. The molecule has 5 heteroatoms. The zero-order chi connectivity index (χ0) is 18.9. The number of nitrogens with one attached hydrogen (secondary N) is 2. The van der Waals surface area contributed by atoms with Gasteiger partial charge < -0.3 is 16.4 Å². The number of hydrogen-bond acceptors (Lipinski definition) is 3. The van der Waals surface area contributed by atoms with E-state index in [9.17, 15) is 9.59 Å². The van der Waals surface area contributed by atoms with Gasteiger partial charge in [-0.25, -0.2) is 0 Å². The van der Waals surface area contributed by atoms with Gasteiger partial charge in [0.1, 0.15) is 0 Å². The van der Waals surface area contributed by atoms with Gasteiger partial charge in [0.15, 0.2) is 0 Å². The molecule has 0 aromatic rings. The average molecular weight is 340 g/mol. The Bertz CT molecular complexity index is 425. The lowest BCUT2D eigenvalue weighted by atomic mass is 9.76. The van der Waals surface area contributed by atoms with Crippen LogP contribution in [0.3, 0.4) is 0 Å². The van der Waals surface area contributed by atoms with Crippen molar-refractivity contribution in [3.05, 3.63) is 12.2 Å². The third kappa shape index (κ3) is 9.71. The minimum atomic E-state index is -0.311. The summed E-state index contributed by atoms with van der Waals surface area (Å²) in [6, 6.07) is 0.0389. The number of amides is 2. The number of nitrogens with two attached hydrogens (primary N) is 1. The molecular formula is C19H37N3O2. The van der Waals surface area contributed by atoms with E-state index in [0.717, 1.165) is 12.8 Å². The molecule has 3 atom stereocenters. The van der Waals surface area contributed by atoms with Crippen LogP contribution in [0, 0.1) is 11.3 Å². The van der Waals surface area contributed by atoms with Gasteiger partial charge in [-0.3, -0.25) is 9.59 Å². The number of hydrogen-bond donors (Lipinski definition) is 3. The molecule has 0 spiro atoms. The van der Waals surface area contributed by atoms with Gasteiger partial charge in [0.05, 0.1) is 6.04 Å². The standard InChI is InChI=1S/C19H37N3O2/c1-13(2)21-17(18(20)24)12-10-8-9-11-16(22-15(4)23)14(3)19(5,6)7/h8-9,13-14,16-17,21H,10-12H2,1-7H3,(H2,20,24)(H,22,23)/b9-8-. The molecule has 0 aliphatic carbocycles. The van der Waals surface area contributed by atoms with E-state index in [0.29, 0.717) is 12.3 Å². The molecule has 0 rings (SSSR count). The Balaban J connectivity index is 4.55. The molecule has 0 saturated carbocycles. The number of carbonyl (C=O) groups is 2. The second-order valence-electron chi connectivity index (χ2n) is 8.02. The maximum Gasteiger partial charge on any atom is 0.234 e. The van der Waals surface area contributed by atoms with Crippen LogP contribution in [-0.2, 0) is 9.59 Å². The fourth-order valence-electron chi connectivity index (χ4n) is 2.59. The molecular weight excluding hydrogens is 302 g/mol. The summed E-state index contributed by atoms with van der Waals surface area (Å²) in [6.07, 6.45) is 6.42. The molecule has 0 saturated heterocycles. The molecule has 0 heterocycles. The maximum absolute atomic E-state index is 11.4. The first-order valence-electron chi connectivity index (χ1n) is 8.92. The second-order valence-corrected chi connectivity index (χ2v) is 8.02. The molecule has 0 aliphatic heterocycles. The zero-order valence-corrected chi connectivity index (χ0v) is 16.5. The third-order valence-electron chi connectivity index (χ3n) is 4.41. The fourth-order valence-corrected chi connectivity index (χ4v) is 2.59. The topological polar surface area (TPSA) is 84.2 Å². The molecule has 4 N–H and O–H groups in total. The Hall–Kier alpha value is -1.36. The summed E-state index contributed by atoms with van der Waals surface area (Å²) in [7, 11) is 0. The number of allylic oxidation sites excluding steroid dienone is 1. The van der Waals surface area contributed by atoms with Gasteiger partial charge in [0, 0.05) is 19.0 Å². The molecule has 0 aromatic heterocycles. The SMILES string of the molecule is CC(=O)NC(C/C=C\CCC(NC(C)C)C(N)=O)C(C)C(C)(C)C. The van der Waals surface area contributed by atoms with Gasteiger partial charge in [-0.2, -0.15) is 0 Å². The minimum Gasteiger partial charge on any atom is -0.368 e. The second kappa shape index (κ2) is 10.5. The van der Waals surface area contributed by atoms with Crippen LogP contribution in [0.2, 0.25) is 0 Å². The first-order valence-corrected chi connectivity index (χ1v) is 8.92. The van der Waals surface area contributed by atoms with Crippen molar-refractivity contribution in [2.24, 2.45) is 17.1 Å². The highest BCUT2D eigenvalue weighted by atomic mass is 16.2. The van der Waals surface area contributed by atoms with Gasteiger partial charge in [-0.05, 0) is 30.6 Å². The van der Waals surface area contributed by atoms with Crippen molar-refractivity contribution < 1.29 is 9.59 Å². The van der Waals surface area contributed by atoms with E-state index < -0.39 is 0 Å². The molecule has 24 heavy (non-hydrogen) atoms. The normalized spacial score (nSPS) is 16.2. The van der Waals surface area contributed by atoms with Gasteiger partial charge in [0.2, 0.25) is 11.8 Å². The monoisotopic (exact) mass is 339 g/mol. The van der Waals surface area contributed by atoms with E-state index >= 15 is 0 Å². The van der Waals surface area contributed by atoms with Crippen LogP contribution >= 0.6 is 0 Å². The van der Waals surface area contributed by atoms with Crippen LogP contribution < -0.4 is 16.4 Å². The van der Waals surface area contributed by atoms with Crippen molar-refractivity contribution in [2.45, 2.75) is 85.9 Å². The van der Waals surface area contributed by atoms with Crippen molar-refractivity contribution in [2.75, 3.05) is 0 Å².